The van der Waals surface area contributed by atoms with E-state index in [9.17, 15) is 0 Å². The van der Waals surface area contributed by atoms with Crippen molar-refractivity contribution in [2.75, 3.05) is 17.3 Å². The second-order valence-corrected chi connectivity index (χ2v) is 5.55. The molecule has 0 aliphatic heterocycles. The summed E-state index contributed by atoms with van der Waals surface area (Å²) in [6.07, 6.45) is 2.73. The summed E-state index contributed by atoms with van der Waals surface area (Å²) in [4.78, 5) is 13.2. The summed E-state index contributed by atoms with van der Waals surface area (Å²) in [6, 6.07) is 1.81. The predicted molar refractivity (Wildman–Crippen MR) is 82.9 cm³/mol. The molecule has 0 saturated carbocycles. The first-order valence-corrected chi connectivity index (χ1v) is 7.58. The first-order chi connectivity index (χ1) is 9.71. The number of aromatic nitrogens is 3. The number of hydrogen-bond donors (Lipinski definition) is 3. The molecule has 0 aliphatic rings. The van der Waals surface area contributed by atoms with Crippen molar-refractivity contribution in [3.63, 3.8) is 0 Å². The van der Waals surface area contributed by atoms with Gasteiger partial charge in [0.25, 0.3) is 0 Å². The molecule has 0 radical (unpaired) electrons. The molecule has 2 rings (SSSR count). The zero-order valence-corrected chi connectivity index (χ0v) is 12.6. The molecule has 0 fully saturated rings. The minimum absolute atomic E-state index is 0.635. The zero-order chi connectivity index (χ0) is 14.4. The molecule has 2 aromatic heterocycles. The quantitative estimate of drug-likeness (QED) is 0.535. The maximum atomic E-state index is 5.43. The fourth-order valence-electron chi connectivity index (χ4n) is 1.84. The maximum absolute atomic E-state index is 5.43. The summed E-state index contributed by atoms with van der Waals surface area (Å²) < 4.78 is 0. The van der Waals surface area contributed by atoms with Crippen LogP contribution in [0.3, 0.4) is 0 Å². The molecule has 108 valence electrons. The van der Waals surface area contributed by atoms with E-state index in [4.69, 9.17) is 5.84 Å². The van der Waals surface area contributed by atoms with Crippen LogP contribution in [-0.4, -0.2) is 21.5 Å². The Morgan fingerprint density at radius 2 is 2.00 bits per heavy atom. The number of rotatable bonds is 7. The highest BCUT2D eigenvalue weighted by Crippen LogP contribution is 2.12. The third-order valence-corrected chi connectivity index (χ3v) is 3.57. The first-order valence-electron chi connectivity index (χ1n) is 6.70. The van der Waals surface area contributed by atoms with Crippen LogP contribution >= 0.6 is 11.3 Å². The molecular formula is C13H20N6S. The largest absolute Gasteiger partial charge is 0.370 e. The number of nitrogens with one attached hydrogen (secondary N) is 2. The zero-order valence-electron chi connectivity index (χ0n) is 11.8. The minimum Gasteiger partial charge on any atom is -0.370 e. The molecule has 0 saturated heterocycles. The second-order valence-electron chi connectivity index (χ2n) is 4.48. The molecule has 7 heteroatoms. The molecular weight excluding hydrogens is 272 g/mol. The molecule has 0 unspecified atom stereocenters. The Labute approximate surface area is 122 Å². The monoisotopic (exact) mass is 292 g/mol. The fraction of sp³-hybridized carbons (Fsp3) is 0.462. The Morgan fingerprint density at radius 1 is 1.20 bits per heavy atom. The van der Waals surface area contributed by atoms with Crippen LogP contribution in [0.15, 0.2) is 11.4 Å². The summed E-state index contributed by atoms with van der Waals surface area (Å²) in [7, 11) is 0. The van der Waals surface area contributed by atoms with Gasteiger partial charge in [-0.2, -0.15) is 0 Å². The van der Waals surface area contributed by atoms with Crippen molar-refractivity contribution < 1.29 is 0 Å². The number of thiazole rings is 1. The summed E-state index contributed by atoms with van der Waals surface area (Å²) in [6.45, 7) is 4.90. The molecule has 0 aromatic carbocycles. The van der Waals surface area contributed by atoms with Crippen molar-refractivity contribution in [3.8, 4) is 0 Å². The Morgan fingerprint density at radius 3 is 2.65 bits per heavy atom. The van der Waals surface area contributed by atoms with Gasteiger partial charge in [-0.1, -0.05) is 6.92 Å². The van der Waals surface area contributed by atoms with Crippen molar-refractivity contribution in [1.82, 2.24) is 15.0 Å². The number of hydrazine groups is 1. The van der Waals surface area contributed by atoms with Crippen LogP contribution in [0.5, 0.6) is 0 Å². The molecule has 20 heavy (non-hydrogen) atoms. The lowest BCUT2D eigenvalue weighted by Gasteiger charge is -2.08. The highest BCUT2D eigenvalue weighted by Gasteiger charge is 2.04. The number of anilines is 2. The number of nitrogens with two attached hydrogens (primary N) is 1. The summed E-state index contributed by atoms with van der Waals surface area (Å²) in [5, 5.41) is 6.48. The van der Waals surface area contributed by atoms with Crippen LogP contribution in [0.2, 0.25) is 0 Å². The SMILES string of the molecule is CCCc1nc(NN)cc(NCCc2csc(C)n2)n1. The Bertz CT molecular complexity index is 554. The van der Waals surface area contributed by atoms with E-state index in [1.54, 1.807) is 11.3 Å². The Kier molecular flexibility index (Phi) is 5.25. The molecule has 0 spiro atoms. The second kappa shape index (κ2) is 7.16. The van der Waals surface area contributed by atoms with Gasteiger partial charge < -0.3 is 10.7 Å². The first kappa shape index (κ1) is 14.7. The lowest BCUT2D eigenvalue weighted by atomic mass is 10.3. The number of nitrogens with zero attached hydrogens (tertiary/aromatic N) is 3. The molecule has 4 N–H and O–H groups in total. The van der Waals surface area contributed by atoms with E-state index >= 15 is 0 Å². The van der Waals surface area contributed by atoms with Gasteiger partial charge >= 0.3 is 0 Å². The van der Waals surface area contributed by atoms with Gasteiger partial charge in [0.1, 0.15) is 17.5 Å². The number of aryl methyl sites for hydroxylation is 2. The average molecular weight is 292 g/mol. The minimum atomic E-state index is 0.635. The Hall–Kier alpha value is -1.73. The molecule has 2 heterocycles. The van der Waals surface area contributed by atoms with Gasteiger partial charge in [0, 0.05) is 30.8 Å². The van der Waals surface area contributed by atoms with E-state index in [0.717, 1.165) is 48.2 Å². The number of nitrogen functional groups attached to an aromatic ring is 1. The average Bonchev–Trinajstić information content (AvgIpc) is 2.84. The molecule has 2 aromatic rings. The van der Waals surface area contributed by atoms with Crippen molar-refractivity contribution in [2.45, 2.75) is 33.1 Å². The van der Waals surface area contributed by atoms with E-state index in [2.05, 4.69) is 38.0 Å². The normalized spacial score (nSPS) is 10.6. The lowest BCUT2D eigenvalue weighted by Crippen LogP contribution is -2.13. The Balaban J connectivity index is 1.95. The van der Waals surface area contributed by atoms with Crippen LogP contribution in [0.1, 0.15) is 29.9 Å². The smallest absolute Gasteiger partial charge is 0.145 e. The lowest BCUT2D eigenvalue weighted by molar-refractivity contribution is 0.832. The number of hydrogen-bond acceptors (Lipinski definition) is 7. The van der Waals surface area contributed by atoms with Crippen LogP contribution < -0.4 is 16.6 Å². The molecule has 0 atom stereocenters. The van der Waals surface area contributed by atoms with E-state index in [1.165, 1.54) is 0 Å². The van der Waals surface area contributed by atoms with E-state index in [0.29, 0.717) is 5.82 Å². The fourth-order valence-corrected chi connectivity index (χ4v) is 2.49. The third-order valence-electron chi connectivity index (χ3n) is 2.75. The summed E-state index contributed by atoms with van der Waals surface area (Å²) in [5.74, 6) is 7.66. The maximum Gasteiger partial charge on any atom is 0.145 e. The van der Waals surface area contributed by atoms with Gasteiger partial charge in [-0.15, -0.1) is 11.3 Å². The molecule has 0 aliphatic carbocycles. The predicted octanol–water partition coefficient (Wildman–Crippen LogP) is 2.13. The van der Waals surface area contributed by atoms with Crippen LogP contribution in [0, 0.1) is 6.92 Å². The van der Waals surface area contributed by atoms with E-state index in [1.807, 2.05) is 13.0 Å². The highest BCUT2D eigenvalue weighted by atomic mass is 32.1. The molecule has 0 bridgehead atoms. The van der Waals surface area contributed by atoms with Gasteiger partial charge in [0.15, 0.2) is 0 Å². The van der Waals surface area contributed by atoms with Crippen molar-refractivity contribution in [1.29, 1.82) is 0 Å². The van der Waals surface area contributed by atoms with Crippen molar-refractivity contribution in [3.05, 3.63) is 28.0 Å². The molecule has 0 amide bonds. The topological polar surface area (TPSA) is 88.8 Å². The van der Waals surface area contributed by atoms with Gasteiger partial charge in [-0.05, 0) is 13.3 Å². The van der Waals surface area contributed by atoms with Crippen LogP contribution in [-0.2, 0) is 12.8 Å². The van der Waals surface area contributed by atoms with Crippen molar-refractivity contribution in [2.24, 2.45) is 5.84 Å². The van der Waals surface area contributed by atoms with Gasteiger partial charge in [-0.25, -0.2) is 20.8 Å². The van der Waals surface area contributed by atoms with Crippen molar-refractivity contribution >= 4 is 23.0 Å². The molecule has 6 nitrogen and oxygen atoms in total. The standard InChI is InChI=1S/C13H20N6S/c1-3-4-11-17-12(7-13(18-11)19-14)15-6-5-10-8-20-9(2)16-10/h7-8H,3-6,14H2,1-2H3,(H2,15,17,18,19). The van der Waals surface area contributed by atoms with E-state index in [-0.39, 0.29) is 0 Å². The van der Waals surface area contributed by atoms with Gasteiger partial charge in [0.05, 0.1) is 10.7 Å². The van der Waals surface area contributed by atoms with Gasteiger partial charge in [-0.3, -0.25) is 0 Å². The third kappa shape index (κ3) is 4.14. The van der Waals surface area contributed by atoms with Crippen LogP contribution in [0.4, 0.5) is 11.6 Å². The van der Waals surface area contributed by atoms with E-state index < -0.39 is 0 Å². The van der Waals surface area contributed by atoms with Gasteiger partial charge in [0.2, 0.25) is 0 Å². The van der Waals surface area contributed by atoms with Crippen LogP contribution in [0.25, 0.3) is 0 Å². The summed E-state index contributed by atoms with van der Waals surface area (Å²) >= 11 is 1.67. The highest BCUT2D eigenvalue weighted by molar-refractivity contribution is 7.09. The summed E-state index contributed by atoms with van der Waals surface area (Å²) in [5.41, 5.74) is 3.69.